The zero-order chi connectivity index (χ0) is 18.1. The van der Waals surface area contributed by atoms with E-state index >= 15 is 0 Å². The molecule has 0 unspecified atom stereocenters. The summed E-state index contributed by atoms with van der Waals surface area (Å²) < 4.78 is 76.3. The Balaban J connectivity index is 1.79. The topological polar surface area (TPSA) is 47.6 Å². The van der Waals surface area contributed by atoms with Crippen molar-refractivity contribution in [2.75, 3.05) is 12.1 Å². The van der Waals surface area contributed by atoms with Crippen LogP contribution in [0.1, 0.15) is 5.56 Å². The smallest absolute Gasteiger partial charge is 0.248 e. The van der Waals surface area contributed by atoms with E-state index in [9.17, 15) is 26.7 Å². The highest BCUT2D eigenvalue weighted by molar-refractivity contribution is 6.02. The van der Waals surface area contributed by atoms with Crippen LogP contribution in [0.5, 0.6) is 11.5 Å². The zero-order valence-corrected chi connectivity index (χ0v) is 12.2. The number of benzene rings is 2. The van der Waals surface area contributed by atoms with Gasteiger partial charge in [-0.2, -0.15) is 0 Å². The minimum atomic E-state index is -2.30. The van der Waals surface area contributed by atoms with Gasteiger partial charge in [0, 0.05) is 6.08 Å². The number of fused-ring (bicyclic) bond motifs is 1. The van der Waals surface area contributed by atoms with Gasteiger partial charge < -0.3 is 14.8 Å². The molecule has 0 bridgehead atoms. The summed E-state index contributed by atoms with van der Waals surface area (Å²) in [5, 5.41) is 1.63. The van der Waals surface area contributed by atoms with Gasteiger partial charge in [0.15, 0.2) is 34.8 Å². The van der Waals surface area contributed by atoms with E-state index in [-0.39, 0.29) is 6.79 Å². The van der Waals surface area contributed by atoms with Crippen LogP contribution in [0.25, 0.3) is 6.08 Å². The fourth-order valence-corrected chi connectivity index (χ4v) is 2.07. The lowest BCUT2D eigenvalue weighted by Crippen LogP contribution is -2.14. The Morgan fingerprint density at radius 2 is 1.52 bits per heavy atom. The van der Waals surface area contributed by atoms with E-state index in [1.54, 1.807) is 23.5 Å². The standard InChI is InChI=1S/C16H8F5NO3/c17-11-12(18)14(20)16(15(21)13(11)19)22-10(23)4-2-7-1-3-8-9(5-7)25-6-24-8/h1-5H,6H2,(H,22,23)/b4-2+. The number of halogens is 5. The van der Waals surface area contributed by atoms with Crippen LogP contribution in [0.2, 0.25) is 0 Å². The fraction of sp³-hybridized carbons (Fsp3) is 0.0625. The average molecular weight is 357 g/mol. The molecule has 0 saturated heterocycles. The molecule has 2 aromatic carbocycles. The summed E-state index contributed by atoms with van der Waals surface area (Å²) in [6.07, 6.45) is 2.14. The van der Waals surface area contributed by atoms with Gasteiger partial charge in [0.1, 0.15) is 5.69 Å². The Hall–Kier alpha value is -3.10. The Bertz CT molecular complexity index is 869. The Labute approximate surface area is 137 Å². The molecular formula is C16H8F5NO3. The number of ether oxygens (including phenoxy) is 2. The highest BCUT2D eigenvalue weighted by Crippen LogP contribution is 2.33. The molecule has 25 heavy (non-hydrogen) atoms. The third-order valence-corrected chi connectivity index (χ3v) is 3.28. The maximum atomic E-state index is 13.5. The molecule has 0 spiro atoms. The lowest BCUT2D eigenvalue weighted by molar-refractivity contribution is -0.111. The third kappa shape index (κ3) is 3.12. The number of anilines is 1. The molecule has 1 heterocycles. The summed E-state index contributed by atoms with van der Waals surface area (Å²) in [4.78, 5) is 11.7. The van der Waals surface area contributed by atoms with Crippen molar-refractivity contribution < 1.29 is 36.2 Å². The molecule has 1 aliphatic rings. The van der Waals surface area contributed by atoms with Crippen molar-refractivity contribution in [3.63, 3.8) is 0 Å². The first-order chi connectivity index (χ1) is 11.9. The minimum Gasteiger partial charge on any atom is -0.454 e. The quantitative estimate of drug-likeness (QED) is 0.394. The summed E-state index contributed by atoms with van der Waals surface area (Å²) in [6, 6.07) is 4.71. The van der Waals surface area contributed by atoms with E-state index in [4.69, 9.17) is 9.47 Å². The van der Waals surface area contributed by atoms with Crippen LogP contribution < -0.4 is 14.8 Å². The van der Waals surface area contributed by atoms with Crippen LogP contribution in [0.15, 0.2) is 24.3 Å². The second kappa shape index (κ2) is 6.42. The molecule has 0 aliphatic carbocycles. The van der Waals surface area contributed by atoms with Crippen molar-refractivity contribution in [1.82, 2.24) is 0 Å². The lowest BCUT2D eigenvalue weighted by atomic mass is 10.2. The van der Waals surface area contributed by atoms with Gasteiger partial charge in [0.25, 0.3) is 0 Å². The van der Waals surface area contributed by atoms with Crippen LogP contribution in [-0.4, -0.2) is 12.7 Å². The van der Waals surface area contributed by atoms with E-state index in [2.05, 4.69) is 0 Å². The van der Waals surface area contributed by atoms with Gasteiger partial charge in [0.2, 0.25) is 18.5 Å². The van der Waals surface area contributed by atoms with E-state index in [0.29, 0.717) is 17.1 Å². The van der Waals surface area contributed by atoms with Crippen LogP contribution in [-0.2, 0) is 4.79 Å². The molecule has 130 valence electrons. The van der Waals surface area contributed by atoms with Crippen molar-refractivity contribution in [2.24, 2.45) is 0 Å². The molecule has 1 amide bonds. The predicted octanol–water partition coefficient (Wildman–Crippen LogP) is 3.76. The Kier molecular flexibility index (Phi) is 4.30. The maximum Gasteiger partial charge on any atom is 0.248 e. The van der Waals surface area contributed by atoms with E-state index in [1.807, 2.05) is 0 Å². The number of rotatable bonds is 3. The average Bonchev–Trinajstić information content (AvgIpc) is 3.08. The summed E-state index contributed by atoms with van der Waals surface area (Å²) >= 11 is 0. The van der Waals surface area contributed by atoms with Gasteiger partial charge >= 0.3 is 0 Å². The van der Waals surface area contributed by atoms with Crippen molar-refractivity contribution >= 4 is 17.7 Å². The predicted molar refractivity (Wildman–Crippen MR) is 76.5 cm³/mol. The summed E-state index contributed by atoms with van der Waals surface area (Å²) in [6.45, 7) is 0.0588. The normalized spacial score (nSPS) is 12.7. The van der Waals surface area contributed by atoms with Gasteiger partial charge in [0.05, 0.1) is 0 Å². The second-order valence-electron chi connectivity index (χ2n) is 4.88. The number of hydrogen-bond acceptors (Lipinski definition) is 3. The molecule has 3 rings (SSSR count). The first-order valence-corrected chi connectivity index (χ1v) is 6.78. The van der Waals surface area contributed by atoms with Crippen LogP contribution in [0.4, 0.5) is 27.6 Å². The van der Waals surface area contributed by atoms with E-state index in [1.165, 1.54) is 6.08 Å². The monoisotopic (exact) mass is 357 g/mol. The maximum absolute atomic E-state index is 13.5. The molecule has 0 saturated carbocycles. The number of hydrogen-bond donors (Lipinski definition) is 1. The zero-order valence-electron chi connectivity index (χ0n) is 12.2. The molecule has 9 heteroatoms. The first-order valence-electron chi connectivity index (χ1n) is 6.78. The SMILES string of the molecule is O=C(/C=C/c1ccc2c(c1)OCO2)Nc1c(F)c(F)c(F)c(F)c1F. The van der Waals surface area contributed by atoms with Crippen LogP contribution in [0.3, 0.4) is 0 Å². The molecule has 0 fully saturated rings. The minimum absolute atomic E-state index is 0.0588. The summed E-state index contributed by atoms with van der Waals surface area (Å²) in [5.74, 6) is -11.0. The molecule has 2 aromatic rings. The molecule has 1 N–H and O–H groups in total. The van der Waals surface area contributed by atoms with Gasteiger partial charge in [-0.1, -0.05) is 6.07 Å². The summed E-state index contributed by atoms with van der Waals surface area (Å²) in [7, 11) is 0. The number of carbonyl (C=O) groups is 1. The molecule has 0 radical (unpaired) electrons. The van der Waals surface area contributed by atoms with Crippen molar-refractivity contribution in [1.29, 1.82) is 0 Å². The van der Waals surface area contributed by atoms with Crippen molar-refractivity contribution in [3.8, 4) is 11.5 Å². The first kappa shape index (κ1) is 16.7. The summed E-state index contributed by atoms with van der Waals surface area (Å²) in [5.41, 5.74) is -0.923. The number of amides is 1. The van der Waals surface area contributed by atoms with Crippen LogP contribution in [0, 0.1) is 29.1 Å². The highest BCUT2D eigenvalue weighted by Gasteiger charge is 2.26. The molecular weight excluding hydrogens is 349 g/mol. The largest absolute Gasteiger partial charge is 0.454 e. The number of carbonyl (C=O) groups excluding carboxylic acids is 1. The fourth-order valence-electron chi connectivity index (χ4n) is 2.07. The highest BCUT2D eigenvalue weighted by atomic mass is 19.2. The molecule has 0 atom stereocenters. The van der Waals surface area contributed by atoms with Gasteiger partial charge in [-0.15, -0.1) is 0 Å². The van der Waals surface area contributed by atoms with Crippen molar-refractivity contribution in [3.05, 3.63) is 58.9 Å². The molecule has 0 aromatic heterocycles. The van der Waals surface area contributed by atoms with Crippen molar-refractivity contribution in [2.45, 2.75) is 0 Å². The van der Waals surface area contributed by atoms with Gasteiger partial charge in [-0.25, -0.2) is 22.0 Å². The number of nitrogens with one attached hydrogen (secondary N) is 1. The van der Waals surface area contributed by atoms with Crippen LogP contribution >= 0.6 is 0 Å². The second-order valence-corrected chi connectivity index (χ2v) is 4.88. The molecule has 1 aliphatic heterocycles. The lowest BCUT2D eigenvalue weighted by Gasteiger charge is -2.08. The Morgan fingerprint density at radius 1 is 0.920 bits per heavy atom. The third-order valence-electron chi connectivity index (χ3n) is 3.28. The van der Waals surface area contributed by atoms with E-state index < -0.39 is 40.7 Å². The van der Waals surface area contributed by atoms with Gasteiger partial charge in [-0.05, 0) is 23.8 Å². The van der Waals surface area contributed by atoms with Gasteiger partial charge in [-0.3, -0.25) is 4.79 Å². The van der Waals surface area contributed by atoms with E-state index in [0.717, 1.165) is 6.08 Å². The Morgan fingerprint density at radius 3 is 2.20 bits per heavy atom. The molecule has 4 nitrogen and oxygen atoms in total.